The summed E-state index contributed by atoms with van der Waals surface area (Å²) in [5.41, 5.74) is 4.32. The molecule has 0 saturated carbocycles. The van der Waals surface area contributed by atoms with Crippen molar-refractivity contribution >= 4 is 17.1 Å². The lowest BCUT2D eigenvalue weighted by Gasteiger charge is -2.24. The third-order valence-corrected chi connectivity index (χ3v) is 5.18. The van der Waals surface area contributed by atoms with E-state index in [0.29, 0.717) is 0 Å². The number of nitro benzene ring substituents is 1. The summed E-state index contributed by atoms with van der Waals surface area (Å²) in [4.78, 5) is 16.4. The van der Waals surface area contributed by atoms with E-state index in [-0.39, 0.29) is 17.8 Å². The van der Waals surface area contributed by atoms with Crippen molar-refractivity contribution in [3.05, 3.63) is 106 Å². The number of nitro groups is 1. The van der Waals surface area contributed by atoms with Crippen LogP contribution in [0.25, 0.3) is 0 Å². The van der Waals surface area contributed by atoms with E-state index in [4.69, 9.17) is 4.84 Å². The fourth-order valence-corrected chi connectivity index (χ4v) is 3.64. The third kappa shape index (κ3) is 5.03. The maximum absolute atomic E-state index is 10.9. The van der Waals surface area contributed by atoms with Crippen LogP contribution in [0.1, 0.15) is 17.5 Å². The Kier molecular flexibility index (Phi) is 6.03. The summed E-state index contributed by atoms with van der Waals surface area (Å²) in [5, 5.41) is 18.8. The van der Waals surface area contributed by atoms with Gasteiger partial charge in [0.05, 0.1) is 16.7 Å². The molecule has 0 fully saturated rings. The van der Waals surface area contributed by atoms with Gasteiger partial charge in [0.15, 0.2) is 6.10 Å². The van der Waals surface area contributed by atoms with Gasteiger partial charge in [-0.3, -0.25) is 10.1 Å². The van der Waals surface area contributed by atoms with Crippen molar-refractivity contribution in [2.75, 3.05) is 5.32 Å². The molecule has 0 amide bonds. The summed E-state index contributed by atoms with van der Waals surface area (Å²) in [6, 6.07) is 26.9. The molecular weight excluding hydrogens is 378 g/mol. The van der Waals surface area contributed by atoms with Gasteiger partial charge in [-0.2, -0.15) is 0 Å². The summed E-state index contributed by atoms with van der Waals surface area (Å²) in [6.45, 7) is 0. The lowest BCUT2D eigenvalue weighted by molar-refractivity contribution is -0.384. The molecule has 2 unspecified atom stereocenters. The van der Waals surface area contributed by atoms with Gasteiger partial charge in [0, 0.05) is 30.7 Å². The number of nitrogens with one attached hydrogen (secondary N) is 1. The maximum Gasteiger partial charge on any atom is 0.269 e. The summed E-state index contributed by atoms with van der Waals surface area (Å²) in [5.74, 6) is 0. The normalized spacial score (nSPS) is 16.4. The van der Waals surface area contributed by atoms with Crippen molar-refractivity contribution in [1.82, 2.24) is 0 Å². The Morgan fingerprint density at radius 2 is 1.60 bits per heavy atom. The molecule has 30 heavy (non-hydrogen) atoms. The molecule has 0 aromatic heterocycles. The molecule has 1 heterocycles. The number of oxime groups is 1. The summed E-state index contributed by atoms with van der Waals surface area (Å²) < 4.78 is 0. The standard InChI is InChI=1S/C24H23N3O3/c28-27(29)22-13-11-20(12-14-22)25-23(16-19-9-5-2-6-10-19)24-17-21(26-30-24)15-18-7-3-1-4-8-18/h1-14,23-25H,15-17H2. The Labute approximate surface area is 175 Å². The molecule has 152 valence electrons. The zero-order valence-electron chi connectivity index (χ0n) is 16.5. The average molecular weight is 401 g/mol. The van der Waals surface area contributed by atoms with Crippen molar-refractivity contribution in [3.63, 3.8) is 0 Å². The minimum atomic E-state index is -0.394. The Balaban J connectivity index is 1.47. The lowest BCUT2D eigenvalue weighted by Crippen LogP contribution is -2.36. The second-order valence-corrected chi connectivity index (χ2v) is 7.41. The smallest absolute Gasteiger partial charge is 0.269 e. The minimum absolute atomic E-state index is 0.0223. The number of rotatable bonds is 8. The number of hydrogen-bond acceptors (Lipinski definition) is 5. The van der Waals surface area contributed by atoms with Crippen molar-refractivity contribution in [3.8, 4) is 0 Å². The molecule has 4 rings (SSSR count). The number of anilines is 1. The van der Waals surface area contributed by atoms with E-state index in [1.807, 2.05) is 36.4 Å². The van der Waals surface area contributed by atoms with E-state index >= 15 is 0 Å². The van der Waals surface area contributed by atoms with Gasteiger partial charge in [0.25, 0.3) is 5.69 Å². The van der Waals surface area contributed by atoms with Crippen LogP contribution in [-0.4, -0.2) is 22.8 Å². The van der Waals surface area contributed by atoms with Crippen LogP contribution in [0.5, 0.6) is 0 Å². The largest absolute Gasteiger partial charge is 0.390 e. The van der Waals surface area contributed by atoms with Gasteiger partial charge in [0.2, 0.25) is 0 Å². The number of benzene rings is 3. The molecule has 0 aliphatic carbocycles. The maximum atomic E-state index is 10.9. The Bertz CT molecular complexity index is 1000. The number of non-ortho nitro benzene ring substituents is 1. The van der Waals surface area contributed by atoms with E-state index in [0.717, 1.165) is 30.7 Å². The zero-order chi connectivity index (χ0) is 20.8. The van der Waals surface area contributed by atoms with Crippen LogP contribution in [-0.2, 0) is 17.7 Å². The van der Waals surface area contributed by atoms with E-state index < -0.39 is 4.92 Å². The minimum Gasteiger partial charge on any atom is -0.390 e. The molecule has 3 aromatic rings. The van der Waals surface area contributed by atoms with Gasteiger partial charge in [-0.25, -0.2) is 0 Å². The topological polar surface area (TPSA) is 76.8 Å². The fourth-order valence-electron chi connectivity index (χ4n) is 3.64. The van der Waals surface area contributed by atoms with Crippen molar-refractivity contribution in [1.29, 1.82) is 0 Å². The molecule has 6 heteroatoms. The molecular formula is C24H23N3O3. The molecule has 0 spiro atoms. The summed E-state index contributed by atoms with van der Waals surface area (Å²) in [7, 11) is 0. The Morgan fingerprint density at radius 3 is 2.23 bits per heavy atom. The highest BCUT2D eigenvalue weighted by Crippen LogP contribution is 2.24. The van der Waals surface area contributed by atoms with Crippen molar-refractivity contribution in [2.45, 2.75) is 31.4 Å². The molecule has 2 atom stereocenters. The van der Waals surface area contributed by atoms with Gasteiger partial charge < -0.3 is 10.2 Å². The first-order chi connectivity index (χ1) is 14.7. The van der Waals surface area contributed by atoms with E-state index in [9.17, 15) is 10.1 Å². The molecule has 0 radical (unpaired) electrons. The van der Waals surface area contributed by atoms with Crippen molar-refractivity contribution in [2.24, 2.45) is 5.16 Å². The van der Waals surface area contributed by atoms with Gasteiger partial charge in [0.1, 0.15) is 0 Å². The molecule has 1 aliphatic rings. The van der Waals surface area contributed by atoms with Crippen LogP contribution in [0.2, 0.25) is 0 Å². The lowest BCUT2D eigenvalue weighted by atomic mass is 9.96. The van der Waals surface area contributed by atoms with E-state index in [1.165, 1.54) is 23.3 Å². The molecule has 1 N–H and O–H groups in total. The highest BCUT2D eigenvalue weighted by Gasteiger charge is 2.30. The molecule has 3 aromatic carbocycles. The first-order valence-corrected chi connectivity index (χ1v) is 9.98. The molecule has 0 bridgehead atoms. The monoisotopic (exact) mass is 401 g/mol. The van der Waals surface area contributed by atoms with Gasteiger partial charge in [-0.05, 0) is 29.7 Å². The van der Waals surface area contributed by atoms with Gasteiger partial charge >= 0.3 is 0 Å². The Hall–Kier alpha value is -3.67. The highest BCUT2D eigenvalue weighted by atomic mass is 16.6. The van der Waals surface area contributed by atoms with Crippen LogP contribution >= 0.6 is 0 Å². The van der Waals surface area contributed by atoms with Crippen LogP contribution in [0.4, 0.5) is 11.4 Å². The van der Waals surface area contributed by atoms with Crippen molar-refractivity contribution < 1.29 is 9.76 Å². The van der Waals surface area contributed by atoms with Crippen LogP contribution in [0.3, 0.4) is 0 Å². The quantitative estimate of drug-likeness (QED) is 0.425. The zero-order valence-corrected chi connectivity index (χ0v) is 16.5. The summed E-state index contributed by atoms with van der Waals surface area (Å²) >= 11 is 0. The van der Waals surface area contributed by atoms with Crippen LogP contribution in [0.15, 0.2) is 90.1 Å². The van der Waals surface area contributed by atoms with Gasteiger partial charge in [-0.1, -0.05) is 65.8 Å². The highest BCUT2D eigenvalue weighted by molar-refractivity contribution is 5.87. The van der Waals surface area contributed by atoms with Crippen LogP contribution in [0, 0.1) is 10.1 Å². The van der Waals surface area contributed by atoms with E-state index in [1.54, 1.807) is 12.1 Å². The fraction of sp³-hybridized carbons (Fsp3) is 0.208. The molecule has 0 saturated heterocycles. The predicted octanol–water partition coefficient (Wildman–Crippen LogP) is 5.01. The number of hydrogen-bond donors (Lipinski definition) is 1. The molecule has 1 aliphatic heterocycles. The summed E-state index contributed by atoms with van der Waals surface area (Å²) in [6.07, 6.45) is 2.16. The first-order valence-electron chi connectivity index (χ1n) is 9.98. The predicted molar refractivity (Wildman–Crippen MR) is 118 cm³/mol. The second-order valence-electron chi connectivity index (χ2n) is 7.41. The van der Waals surface area contributed by atoms with E-state index in [2.05, 4.69) is 34.7 Å². The second kappa shape index (κ2) is 9.22. The third-order valence-electron chi connectivity index (χ3n) is 5.18. The molecule has 6 nitrogen and oxygen atoms in total. The SMILES string of the molecule is O=[N+]([O-])c1ccc(NC(Cc2ccccc2)C2CC(Cc3ccccc3)=NO2)cc1. The Morgan fingerprint density at radius 1 is 0.967 bits per heavy atom. The average Bonchev–Trinajstić information content (AvgIpc) is 3.23. The van der Waals surface area contributed by atoms with Gasteiger partial charge in [-0.15, -0.1) is 0 Å². The first kappa shape index (κ1) is 19.6. The van der Waals surface area contributed by atoms with Crippen LogP contribution < -0.4 is 5.32 Å². The number of nitrogens with zero attached hydrogens (tertiary/aromatic N) is 2.